The molecule has 3 rings (SSSR count). The summed E-state index contributed by atoms with van der Waals surface area (Å²) in [5, 5.41) is 5.44. The molecule has 196 valence electrons. The van der Waals surface area contributed by atoms with Gasteiger partial charge in [0.2, 0.25) is 17.7 Å². The molecule has 0 radical (unpaired) electrons. The molecule has 2 aliphatic heterocycles. The van der Waals surface area contributed by atoms with Crippen LogP contribution in [0.3, 0.4) is 0 Å². The van der Waals surface area contributed by atoms with Crippen LogP contribution in [0.5, 0.6) is 0 Å². The molecular formula is C26H37N5O5. The standard InChI is InChI=1S/C26H37N5O5/c1-15(2)13-20(28-24(34)18-7-9-19(10-8-18)29(5)6)26(36)30-12-11-21-23(30)22(33)14-31(21)25(35)16(3)27-17(4)32/h7-10,15-16,20-21,23H,11-14H2,1-6H3,(H,27,32)(H,28,34). The molecule has 10 heteroatoms. The summed E-state index contributed by atoms with van der Waals surface area (Å²) in [5.74, 6) is -1.41. The van der Waals surface area contributed by atoms with Crippen LogP contribution >= 0.6 is 0 Å². The number of benzene rings is 1. The summed E-state index contributed by atoms with van der Waals surface area (Å²) < 4.78 is 0. The Labute approximate surface area is 212 Å². The van der Waals surface area contributed by atoms with Gasteiger partial charge in [-0.15, -0.1) is 0 Å². The van der Waals surface area contributed by atoms with E-state index in [1.54, 1.807) is 19.1 Å². The van der Waals surface area contributed by atoms with Gasteiger partial charge in [0.1, 0.15) is 18.1 Å². The van der Waals surface area contributed by atoms with Gasteiger partial charge in [0.15, 0.2) is 5.78 Å². The van der Waals surface area contributed by atoms with Gasteiger partial charge >= 0.3 is 0 Å². The molecule has 1 aromatic rings. The van der Waals surface area contributed by atoms with E-state index in [2.05, 4.69) is 10.6 Å². The van der Waals surface area contributed by atoms with E-state index in [0.717, 1.165) is 5.69 Å². The number of hydrogen-bond acceptors (Lipinski definition) is 6. The molecule has 0 spiro atoms. The van der Waals surface area contributed by atoms with Crippen molar-refractivity contribution in [3.63, 3.8) is 0 Å². The summed E-state index contributed by atoms with van der Waals surface area (Å²) in [6.07, 6.45) is 0.889. The van der Waals surface area contributed by atoms with Gasteiger partial charge in [-0.25, -0.2) is 0 Å². The topological polar surface area (TPSA) is 119 Å². The van der Waals surface area contributed by atoms with E-state index in [-0.39, 0.29) is 41.9 Å². The van der Waals surface area contributed by atoms with Crippen LogP contribution in [0.2, 0.25) is 0 Å². The van der Waals surface area contributed by atoms with Crippen molar-refractivity contribution < 1.29 is 24.0 Å². The van der Waals surface area contributed by atoms with Gasteiger partial charge in [0.05, 0.1) is 12.6 Å². The van der Waals surface area contributed by atoms with Crippen molar-refractivity contribution in [3.05, 3.63) is 29.8 Å². The molecule has 1 aromatic carbocycles. The summed E-state index contributed by atoms with van der Waals surface area (Å²) in [5.41, 5.74) is 1.40. The van der Waals surface area contributed by atoms with E-state index >= 15 is 0 Å². The van der Waals surface area contributed by atoms with E-state index in [1.165, 1.54) is 16.7 Å². The summed E-state index contributed by atoms with van der Waals surface area (Å²) in [6.45, 7) is 7.07. The smallest absolute Gasteiger partial charge is 0.251 e. The van der Waals surface area contributed by atoms with Crippen molar-refractivity contribution in [2.24, 2.45) is 5.92 Å². The number of Topliss-reactive ketones (excluding diaryl/α,β-unsaturated/α-hetero) is 1. The maximum Gasteiger partial charge on any atom is 0.251 e. The van der Waals surface area contributed by atoms with Crippen molar-refractivity contribution in [2.45, 2.75) is 64.7 Å². The highest BCUT2D eigenvalue weighted by Gasteiger charge is 2.52. The molecule has 2 N–H and O–H groups in total. The van der Waals surface area contributed by atoms with Crippen LogP contribution in [0, 0.1) is 5.92 Å². The van der Waals surface area contributed by atoms with Gasteiger partial charge in [-0.2, -0.15) is 0 Å². The van der Waals surface area contributed by atoms with Crippen molar-refractivity contribution in [1.82, 2.24) is 20.4 Å². The van der Waals surface area contributed by atoms with E-state index < -0.39 is 24.2 Å². The number of nitrogens with zero attached hydrogens (tertiary/aromatic N) is 3. The second kappa shape index (κ2) is 11.1. The van der Waals surface area contributed by atoms with Crippen LogP contribution in [0.4, 0.5) is 5.69 Å². The lowest BCUT2D eigenvalue weighted by molar-refractivity contribution is -0.138. The zero-order valence-corrected chi connectivity index (χ0v) is 21.9. The number of rotatable bonds is 8. The number of ketones is 1. The van der Waals surface area contributed by atoms with Crippen molar-refractivity contribution >= 4 is 35.1 Å². The third-order valence-electron chi connectivity index (χ3n) is 6.74. The van der Waals surface area contributed by atoms with Gasteiger partial charge in [-0.3, -0.25) is 24.0 Å². The zero-order chi connectivity index (χ0) is 26.7. The van der Waals surface area contributed by atoms with E-state index in [9.17, 15) is 24.0 Å². The molecule has 4 unspecified atom stereocenters. The highest BCUT2D eigenvalue weighted by molar-refractivity contribution is 6.01. The van der Waals surface area contributed by atoms with Crippen molar-refractivity contribution in [3.8, 4) is 0 Å². The molecule has 2 heterocycles. The number of nitrogens with one attached hydrogen (secondary N) is 2. The number of likely N-dealkylation sites (tertiary alicyclic amines) is 2. The Morgan fingerprint density at radius 1 is 1.00 bits per heavy atom. The normalized spacial score (nSPS) is 20.7. The average Bonchev–Trinajstić information content (AvgIpc) is 3.38. The molecular weight excluding hydrogens is 462 g/mol. The minimum atomic E-state index is -0.791. The summed E-state index contributed by atoms with van der Waals surface area (Å²) in [4.78, 5) is 68.7. The molecule has 0 aromatic heterocycles. The number of carbonyl (C=O) groups excluding carboxylic acids is 5. The highest BCUT2D eigenvalue weighted by Crippen LogP contribution is 2.31. The largest absolute Gasteiger partial charge is 0.378 e. The molecule has 2 fully saturated rings. The summed E-state index contributed by atoms with van der Waals surface area (Å²) in [7, 11) is 3.82. The predicted molar refractivity (Wildman–Crippen MR) is 135 cm³/mol. The molecule has 10 nitrogen and oxygen atoms in total. The van der Waals surface area contributed by atoms with Gasteiger partial charge in [-0.05, 0) is 49.9 Å². The van der Waals surface area contributed by atoms with Gasteiger partial charge in [0.25, 0.3) is 5.91 Å². The fourth-order valence-electron chi connectivity index (χ4n) is 5.02. The SMILES string of the molecule is CC(=O)NC(C)C(=O)N1CC(=O)C2C1CCN2C(=O)C(CC(C)C)NC(=O)c1ccc(N(C)C)cc1. The van der Waals surface area contributed by atoms with Gasteiger partial charge in [0, 0.05) is 38.8 Å². The lowest BCUT2D eigenvalue weighted by Crippen LogP contribution is -2.53. The second-order valence-electron chi connectivity index (χ2n) is 10.3. The molecule has 0 bridgehead atoms. The maximum atomic E-state index is 13.6. The van der Waals surface area contributed by atoms with Crippen LogP contribution in [0.15, 0.2) is 24.3 Å². The Morgan fingerprint density at radius 2 is 1.64 bits per heavy atom. The molecule has 4 amide bonds. The quantitative estimate of drug-likeness (QED) is 0.546. The van der Waals surface area contributed by atoms with Crippen LogP contribution in [0.1, 0.15) is 50.9 Å². The minimum absolute atomic E-state index is 0.0959. The fraction of sp³-hybridized carbons (Fsp3) is 0.577. The van der Waals surface area contributed by atoms with Crippen molar-refractivity contribution in [2.75, 3.05) is 32.1 Å². The molecule has 2 aliphatic rings. The molecule has 0 saturated carbocycles. The third kappa shape index (κ3) is 5.85. The number of hydrogen-bond donors (Lipinski definition) is 2. The first kappa shape index (κ1) is 27.2. The predicted octanol–water partition coefficient (Wildman–Crippen LogP) is 0.803. The monoisotopic (exact) mass is 499 g/mol. The lowest BCUT2D eigenvalue weighted by atomic mass is 10.0. The second-order valence-corrected chi connectivity index (χ2v) is 10.3. The Bertz CT molecular complexity index is 1020. The first-order valence-electron chi connectivity index (χ1n) is 12.4. The Kier molecular flexibility index (Phi) is 8.37. The number of fused-ring (bicyclic) bond motifs is 1. The zero-order valence-electron chi connectivity index (χ0n) is 21.9. The van der Waals surface area contributed by atoms with Gasteiger partial charge < -0.3 is 25.3 Å². The Morgan fingerprint density at radius 3 is 2.19 bits per heavy atom. The summed E-state index contributed by atoms with van der Waals surface area (Å²) >= 11 is 0. The number of carbonyl (C=O) groups is 5. The first-order chi connectivity index (χ1) is 16.9. The molecule has 4 atom stereocenters. The summed E-state index contributed by atoms with van der Waals surface area (Å²) in [6, 6.07) is 4.39. The van der Waals surface area contributed by atoms with E-state index in [1.807, 2.05) is 45.0 Å². The third-order valence-corrected chi connectivity index (χ3v) is 6.74. The van der Waals surface area contributed by atoms with E-state index in [0.29, 0.717) is 24.9 Å². The number of amides is 4. The Hall–Kier alpha value is -3.43. The van der Waals surface area contributed by atoms with E-state index in [4.69, 9.17) is 0 Å². The molecule has 2 saturated heterocycles. The lowest BCUT2D eigenvalue weighted by Gasteiger charge is -2.29. The van der Waals surface area contributed by atoms with Crippen LogP contribution < -0.4 is 15.5 Å². The Balaban J connectivity index is 1.75. The van der Waals surface area contributed by atoms with Crippen molar-refractivity contribution in [1.29, 1.82) is 0 Å². The average molecular weight is 500 g/mol. The van der Waals surface area contributed by atoms with Gasteiger partial charge in [-0.1, -0.05) is 13.8 Å². The molecule has 0 aliphatic carbocycles. The van der Waals surface area contributed by atoms with Crippen LogP contribution in [-0.4, -0.2) is 90.6 Å². The highest BCUT2D eigenvalue weighted by atomic mass is 16.2. The van der Waals surface area contributed by atoms with Crippen LogP contribution in [-0.2, 0) is 19.2 Å². The minimum Gasteiger partial charge on any atom is -0.378 e. The maximum absolute atomic E-state index is 13.6. The number of anilines is 1. The molecule has 36 heavy (non-hydrogen) atoms. The first-order valence-corrected chi connectivity index (χ1v) is 12.4. The fourth-order valence-corrected chi connectivity index (χ4v) is 5.02. The van der Waals surface area contributed by atoms with Crippen LogP contribution in [0.25, 0.3) is 0 Å².